The number of nitrogens with zero attached hydrogens (tertiary/aromatic N) is 1. The first-order valence-corrected chi connectivity index (χ1v) is 10.7. The van der Waals surface area contributed by atoms with E-state index >= 15 is 0 Å². The zero-order valence-corrected chi connectivity index (χ0v) is 17.7. The maximum absolute atomic E-state index is 12.8. The molecule has 1 aliphatic carbocycles. The summed E-state index contributed by atoms with van der Waals surface area (Å²) in [4.78, 5) is 51.3. The van der Waals surface area contributed by atoms with Crippen LogP contribution in [0.4, 0.5) is 11.4 Å². The van der Waals surface area contributed by atoms with Crippen LogP contribution < -0.4 is 10.2 Å². The van der Waals surface area contributed by atoms with Crippen LogP contribution in [0.3, 0.4) is 0 Å². The van der Waals surface area contributed by atoms with Gasteiger partial charge >= 0.3 is 5.97 Å². The normalized spacial score (nSPS) is 19.6. The maximum Gasteiger partial charge on any atom is 0.338 e. The summed E-state index contributed by atoms with van der Waals surface area (Å²) in [5.41, 5.74) is 2.27. The molecule has 1 N–H and O–H groups in total. The molecule has 1 saturated heterocycles. The van der Waals surface area contributed by atoms with Crippen LogP contribution in [-0.4, -0.2) is 30.3 Å². The molecule has 0 bridgehead atoms. The van der Waals surface area contributed by atoms with E-state index in [4.69, 9.17) is 4.74 Å². The minimum Gasteiger partial charge on any atom is -0.452 e. The van der Waals surface area contributed by atoms with Crippen LogP contribution in [0, 0.1) is 11.8 Å². The Balaban J connectivity index is 1.38. The molecule has 2 aromatic carbocycles. The minimum atomic E-state index is -0.707. The van der Waals surface area contributed by atoms with Crippen molar-refractivity contribution in [2.24, 2.45) is 11.8 Å². The third kappa shape index (κ3) is 4.32. The molecule has 3 amide bonds. The lowest BCUT2D eigenvalue weighted by Crippen LogP contribution is -2.31. The lowest BCUT2D eigenvalue weighted by Gasteiger charge is -2.15. The van der Waals surface area contributed by atoms with Gasteiger partial charge in [0.1, 0.15) is 0 Å². The van der Waals surface area contributed by atoms with Crippen molar-refractivity contribution >= 4 is 35.1 Å². The molecule has 0 unspecified atom stereocenters. The molecule has 1 fully saturated rings. The number of carbonyl (C=O) groups excluding carboxylic acids is 4. The monoisotopic (exact) mass is 432 g/mol. The predicted octanol–water partition coefficient (Wildman–Crippen LogP) is 3.50. The van der Waals surface area contributed by atoms with E-state index in [1.54, 1.807) is 24.3 Å². The van der Waals surface area contributed by atoms with Gasteiger partial charge in [-0.15, -0.1) is 0 Å². The van der Waals surface area contributed by atoms with Crippen LogP contribution in [-0.2, 0) is 25.5 Å². The second kappa shape index (κ2) is 9.18. The number of anilines is 2. The van der Waals surface area contributed by atoms with Gasteiger partial charge in [0.2, 0.25) is 11.8 Å². The molecule has 164 valence electrons. The van der Waals surface area contributed by atoms with Gasteiger partial charge in [-0.3, -0.25) is 19.3 Å². The van der Waals surface area contributed by atoms with E-state index in [2.05, 4.69) is 5.32 Å². The van der Waals surface area contributed by atoms with Crippen molar-refractivity contribution in [1.29, 1.82) is 0 Å². The number of esters is 1. The van der Waals surface area contributed by atoms with Gasteiger partial charge in [0, 0.05) is 5.69 Å². The van der Waals surface area contributed by atoms with Crippen LogP contribution in [0.5, 0.6) is 0 Å². The van der Waals surface area contributed by atoms with Gasteiger partial charge in [-0.2, -0.15) is 0 Å². The summed E-state index contributed by atoms with van der Waals surface area (Å²) in [5.74, 6) is -2.36. The topological polar surface area (TPSA) is 92.8 Å². The molecule has 0 spiro atoms. The Morgan fingerprint density at radius 3 is 2.28 bits per heavy atom. The van der Waals surface area contributed by atoms with Crippen LogP contribution in [0.2, 0.25) is 0 Å². The number of allylic oxidation sites excluding steroid dienone is 2. The average Bonchev–Trinajstić information content (AvgIpc) is 3.08. The van der Waals surface area contributed by atoms with Gasteiger partial charge in [0.25, 0.3) is 5.91 Å². The van der Waals surface area contributed by atoms with Crippen molar-refractivity contribution in [3.05, 3.63) is 71.8 Å². The number of carbonyl (C=O) groups is 4. The zero-order chi connectivity index (χ0) is 22.7. The molecule has 7 heteroatoms. The van der Waals surface area contributed by atoms with Crippen molar-refractivity contribution in [2.45, 2.75) is 26.2 Å². The number of nitrogens with one attached hydrogen (secondary N) is 1. The number of ether oxygens (including phenoxy) is 1. The van der Waals surface area contributed by atoms with Gasteiger partial charge in [-0.1, -0.05) is 37.3 Å². The van der Waals surface area contributed by atoms with Crippen molar-refractivity contribution < 1.29 is 23.9 Å². The highest BCUT2D eigenvalue weighted by atomic mass is 16.5. The third-order valence-corrected chi connectivity index (χ3v) is 5.83. The quantitative estimate of drug-likeness (QED) is 0.428. The van der Waals surface area contributed by atoms with Crippen molar-refractivity contribution in [3.8, 4) is 0 Å². The van der Waals surface area contributed by atoms with E-state index < -0.39 is 18.5 Å². The lowest BCUT2D eigenvalue weighted by atomic mass is 9.85. The van der Waals surface area contributed by atoms with Gasteiger partial charge < -0.3 is 10.1 Å². The van der Waals surface area contributed by atoms with Gasteiger partial charge in [0.15, 0.2) is 6.61 Å². The SMILES string of the molecule is CCc1ccc(NC(=O)COC(=O)c2cccc(N3C(=O)[C@H]4CC=CC[C@@H]4C3=O)c2)cc1. The molecule has 2 aliphatic rings. The first-order valence-electron chi connectivity index (χ1n) is 10.7. The number of imide groups is 1. The fourth-order valence-electron chi connectivity index (χ4n) is 4.06. The average molecular weight is 432 g/mol. The standard InChI is InChI=1S/C25H24N2O5/c1-2-16-10-12-18(13-11-16)26-22(28)15-32-25(31)17-6-5-7-19(14-17)27-23(29)20-8-3-4-9-21(20)24(27)30/h3-7,10-14,20-21H,2,8-9,15H2,1H3,(H,26,28)/t20-,21-/m0/s1. The first-order chi connectivity index (χ1) is 15.5. The number of benzene rings is 2. The van der Waals surface area contributed by atoms with Crippen LogP contribution >= 0.6 is 0 Å². The summed E-state index contributed by atoms with van der Waals surface area (Å²) in [6.07, 6.45) is 5.84. The number of amides is 3. The summed E-state index contributed by atoms with van der Waals surface area (Å²) in [5, 5.41) is 2.68. The summed E-state index contributed by atoms with van der Waals surface area (Å²) < 4.78 is 5.12. The fraction of sp³-hybridized carbons (Fsp3) is 0.280. The molecular formula is C25H24N2O5. The van der Waals surface area contributed by atoms with Crippen LogP contribution in [0.15, 0.2) is 60.7 Å². The van der Waals surface area contributed by atoms with E-state index in [0.717, 1.165) is 16.9 Å². The Hall–Kier alpha value is -3.74. The van der Waals surface area contributed by atoms with Gasteiger partial charge in [0.05, 0.1) is 23.1 Å². The molecule has 2 aromatic rings. The van der Waals surface area contributed by atoms with Gasteiger partial charge in [-0.05, 0) is 55.2 Å². The van der Waals surface area contributed by atoms with E-state index in [9.17, 15) is 19.2 Å². The molecule has 1 heterocycles. The number of rotatable bonds is 6. The van der Waals surface area contributed by atoms with Crippen molar-refractivity contribution in [2.75, 3.05) is 16.8 Å². The Morgan fingerprint density at radius 2 is 1.66 bits per heavy atom. The molecule has 2 atom stereocenters. The van der Waals surface area contributed by atoms with Crippen LogP contribution in [0.25, 0.3) is 0 Å². The Kier molecular flexibility index (Phi) is 6.16. The summed E-state index contributed by atoms with van der Waals surface area (Å²) >= 11 is 0. The molecule has 0 radical (unpaired) electrons. The molecule has 0 aromatic heterocycles. The molecule has 4 rings (SSSR count). The highest BCUT2D eigenvalue weighted by Gasteiger charge is 2.47. The predicted molar refractivity (Wildman–Crippen MR) is 119 cm³/mol. The molecule has 1 aliphatic heterocycles. The third-order valence-electron chi connectivity index (χ3n) is 5.83. The highest BCUT2D eigenvalue weighted by Crippen LogP contribution is 2.37. The Labute approximate surface area is 186 Å². The zero-order valence-electron chi connectivity index (χ0n) is 17.7. The fourth-order valence-corrected chi connectivity index (χ4v) is 4.06. The van der Waals surface area contributed by atoms with Crippen LogP contribution in [0.1, 0.15) is 35.7 Å². The maximum atomic E-state index is 12.8. The number of hydrogen-bond acceptors (Lipinski definition) is 5. The summed E-state index contributed by atoms with van der Waals surface area (Å²) in [6, 6.07) is 13.6. The second-order valence-corrected chi connectivity index (χ2v) is 7.89. The van der Waals surface area contributed by atoms with Gasteiger partial charge in [-0.25, -0.2) is 4.79 Å². The number of hydrogen-bond donors (Lipinski definition) is 1. The highest BCUT2D eigenvalue weighted by molar-refractivity contribution is 6.22. The first kappa shape index (κ1) is 21.5. The second-order valence-electron chi connectivity index (χ2n) is 7.89. The van der Waals surface area contributed by atoms with Crippen molar-refractivity contribution in [1.82, 2.24) is 0 Å². The molecular weight excluding hydrogens is 408 g/mol. The largest absolute Gasteiger partial charge is 0.452 e. The lowest BCUT2D eigenvalue weighted by molar-refractivity contribution is -0.122. The number of fused-ring (bicyclic) bond motifs is 1. The molecule has 32 heavy (non-hydrogen) atoms. The minimum absolute atomic E-state index is 0.163. The summed E-state index contributed by atoms with van der Waals surface area (Å²) in [6.45, 7) is 1.60. The Bertz CT molecular complexity index is 1060. The number of aryl methyl sites for hydroxylation is 1. The van der Waals surface area contributed by atoms with E-state index in [1.165, 1.54) is 12.1 Å². The molecule has 0 saturated carbocycles. The van der Waals surface area contributed by atoms with E-state index in [-0.39, 0.29) is 29.2 Å². The van der Waals surface area contributed by atoms with E-state index in [0.29, 0.717) is 24.2 Å². The smallest absolute Gasteiger partial charge is 0.338 e. The summed E-state index contributed by atoms with van der Waals surface area (Å²) in [7, 11) is 0. The Morgan fingerprint density at radius 1 is 1.00 bits per heavy atom. The molecule has 7 nitrogen and oxygen atoms in total. The van der Waals surface area contributed by atoms with E-state index in [1.807, 2.05) is 31.2 Å². The van der Waals surface area contributed by atoms with Crippen molar-refractivity contribution in [3.63, 3.8) is 0 Å².